The van der Waals surface area contributed by atoms with E-state index in [1.165, 1.54) is 0 Å². The predicted molar refractivity (Wildman–Crippen MR) is 89.3 cm³/mol. The quantitative estimate of drug-likeness (QED) is 0.716. The van der Waals surface area contributed by atoms with Gasteiger partial charge in [-0.15, -0.1) is 0 Å². The molecule has 1 N–H and O–H groups in total. The molecule has 0 aromatic carbocycles. The second-order valence-electron chi connectivity index (χ2n) is 4.72. The smallest absolute Gasteiger partial charge is 0.231 e. The normalized spacial score (nSPS) is 11.0. The molecular weight excluding hydrogens is 288 g/mol. The van der Waals surface area contributed by atoms with E-state index in [1.54, 1.807) is 0 Å². The molecule has 0 spiro atoms. The molecule has 1 heterocycles. The van der Waals surface area contributed by atoms with Crippen LogP contribution in [0.1, 0.15) is 34.1 Å². The molecule has 0 aliphatic heterocycles. The Hall–Kier alpha value is -1.14. The maximum Gasteiger partial charge on any atom is 0.231 e. The Labute approximate surface area is 132 Å². The molecule has 0 bridgehead atoms. The summed E-state index contributed by atoms with van der Waals surface area (Å²) in [4.78, 5) is 17.3. The molecule has 0 amide bonds. The van der Waals surface area contributed by atoms with Crippen molar-refractivity contribution in [2.24, 2.45) is 0 Å². The average Bonchev–Trinajstić information content (AvgIpc) is 2.47. The minimum absolute atomic E-state index is 0.234. The number of anilines is 2. The highest BCUT2D eigenvalue weighted by atomic mass is 35.5. The minimum Gasteiger partial charge on any atom is -0.354 e. The molecule has 1 aromatic rings. The van der Waals surface area contributed by atoms with Gasteiger partial charge in [-0.05, 0) is 51.5 Å². The van der Waals surface area contributed by atoms with E-state index in [4.69, 9.17) is 11.6 Å². The Kier molecular flexibility index (Phi) is 8.30. The highest BCUT2D eigenvalue weighted by molar-refractivity contribution is 6.28. The molecule has 1 aromatic heterocycles. The Balaban J connectivity index is 2.66. The van der Waals surface area contributed by atoms with Crippen molar-refractivity contribution in [2.45, 2.75) is 34.1 Å². The average molecular weight is 315 g/mol. The summed E-state index contributed by atoms with van der Waals surface area (Å²) in [5.41, 5.74) is 0. The van der Waals surface area contributed by atoms with Crippen LogP contribution in [0.25, 0.3) is 0 Å². The van der Waals surface area contributed by atoms with Gasteiger partial charge in [0, 0.05) is 19.6 Å². The zero-order valence-electron chi connectivity index (χ0n) is 13.6. The molecule has 0 saturated heterocycles. The van der Waals surface area contributed by atoms with Gasteiger partial charge in [-0.1, -0.05) is 13.8 Å². The van der Waals surface area contributed by atoms with Crippen molar-refractivity contribution in [3.05, 3.63) is 5.28 Å². The number of halogens is 1. The number of hydrogen-bond acceptors (Lipinski definition) is 6. The van der Waals surface area contributed by atoms with Crippen LogP contribution in [-0.2, 0) is 0 Å². The van der Waals surface area contributed by atoms with Crippen molar-refractivity contribution in [3.8, 4) is 0 Å². The molecule has 7 heteroatoms. The van der Waals surface area contributed by atoms with Crippen LogP contribution < -0.4 is 10.2 Å². The molecule has 21 heavy (non-hydrogen) atoms. The summed E-state index contributed by atoms with van der Waals surface area (Å²) in [5, 5.41) is 3.31. The van der Waals surface area contributed by atoms with Crippen LogP contribution in [0.5, 0.6) is 0 Å². The lowest BCUT2D eigenvalue weighted by Crippen LogP contribution is -2.31. The maximum atomic E-state index is 5.98. The number of rotatable bonds is 10. The Morgan fingerprint density at radius 1 is 0.952 bits per heavy atom. The summed E-state index contributed by atoms with van der Waals surface area (Å²) in [6.07, 6.45) is 1.08. The van der Waals surface area contributed by atoms with E-state index in [2.05, 4.69) is 50.8 Å². The van der Waals surface area contributed by atoms with Gasteiger partial charge in [-0.25, -0.2) is 0 Å². The first-order valence-corrected chi connectivity index (χ1v) is 8.15. The lowest BCUT2D eigenvalue weighted by Gasteiger charge is -2.23. The topological polar surface area (TPSA) is 57.2 Å². The third kappa shape index (κ3) is 6.01. The fraction of sp³-hybridized carbons (Fsp3) is 0.786. The summed E-state index contributed by atoms with van der Waals surface area (Å²) in [6, 6.07) is 0. The van der Waals surface area contributed by atoms with Gasteiger partial charge in [-0.2, -0.15) is 15.0 Å². The zero-order chi connectivity index (χ0) is 15.7. The molecular formula is C14H27ClN6. The van der Waals surface area contributed by atoms with Crippen LogP contribution >= 0.6 is 11.6 Å². The number of aromatic nitrogens is 3. The highest BCUT2D eigenvalue weighted by Crippen LogP contribution is 2.14. The van der Waals surface area contributed by atoms with Crippen molar-refractivity contribution < 1.29 is 0 Å². The van der Waals surface area contributed by atoms with Crippen LogP contribution in [0, 0.1) is 0 Å². The predicted octanol–water partition coefficient (Wildman–Crippen LogP) is 2.52. The molecule has 0 unspecified atom stereocenters. The second-order valence-corrected chi connectivity index (χ2v) is 5.06. The number of hydrogen-bond donors (Lipinski definition) is 1. The summed E-state index contributed by atoms with van der Waals surface area (Å²) in [7, 11) is 0. The summed E-state index contributed by atoms with van der Waals surface area (Å²) in [5.74, 6) is 1.18. The minimum atomic E-state index is 0.234. The van der Waals surface area contributed by atoms with Crippen LogP contribution in [0.2, 0.25) is 5.28 Å². The van der Waals surface area contributed by atoms with Gasteiger partial charge in [0.1, 0.15) is 0 Å². The van der Waals surface area contributed by atoms with E-state index in [9.17, 15) is 0 Å². The second kappa shape index (κ2) is 9.73. The number of nitrogens with one attached hydrogen (secondary N) is 1. The lowest BCUT2D eigenvalue weighted by atomic mass is 10.3. The van der Waals surface area contributed by atoms with Crippen LogP contribution in [-0.4, -0.2) is 59.1 Å². The van der Waals surface area contributed by atoms with Crippen molar-refractivity contribution >= 4 is 23.5 Å². The fourth-order valence-corrected chi connectivity index (χ4v) is 2.30. The molecule has 1 rings (SSSR count). The monoisotopic (exact) mass is 314 g/mol. The molecule has 0 radical (unpaired) electrons. The van der Waals surface area contributed by atoms with Crippen LogP contribution in [0.4, 0.5) is 11.9 Å². The van der Waals surface area contributed by atoms with Gasteiger partial charge in [-0.3, -0.25) is 0 Å². The van der Waals surface area contributed by atoms with Gasteiger partial charge in [0.2, 0.25) is 17.2 Å². The van der Waals surface area contributed by atoms with Gasteiger partial charge >= 0.3 is 0 Å². The van der Waals surface area contributed by atoms with E-state index >= 15 is 0 Å². The van der Waals surface area contributed by atoms with Gasteiger partial charge in [0.15, 0.2) is 0 Å². The first kappa shape index (κ1) is 17.9. The Morgan fingerprint density at radius 3 is 2.24 bits per heavy atom. The molecule has 0 atom stereocenters. The molecule has 0 aliphatic carbocycles. The molecule has 6 nitrogen and oxygen atoms in total. The third-order valence-corrected chi connectivity index (χ3v) is 3.56. The van der Waals surface area contributed by atoms with E-state index in [0.717, 1.165) is 45.7 Å². The van der Waals surface area contributed by atoms with Crippen molar-refractivity contribution in [2.75, 3.05) is 49.5 Å². The maximum absolute atomic E-state index is 5.98. The SMILES string of the molecule is CCNc1nc(Cl)nc(N(CC)CCCN(CC)CC)n1. The van der Waals surface area contributed by atoms with E-state index in [-0.39, 0.29) is 5.28 Å². The first-order chi connectivity index (χ1) is 10.1. The number of nitrogens with zero attached hydrogens (tertiary/aromatic N) is 5. The largest absolute Gasteiger partial charge is 0.354 e. The Morgan fingerprint density at radius 2 is 1.67 bits per heavy atom. The van der Waals surface area contributed by atoms with Gasteiger partial charge in [0.05, 0.1) is 0 Å². The standard InChI is InChI=1S/C14H27ClN6/c1-5-16-13-17-12(15)18-14(19-13)21(8-4)11-9-10-20(6-2)7-3/h5-11H2,1-4H3,(H,16,17,18,19). The molecule has 0 fully saturated rings. The van der Waals surface area contributed by atoms with Crippen molar-refractivity contribution in [3.63, 3.8) is 0 Å². The third-order valence-electron chi connectivity index (χ3n) is 3.39. The molecule has 0 aliphatic rings. The lowest BCUT2D eigenvalue weighted by molar-refractivity contribution is 0.300. The van der Waals surface area contributed by atoms with Crippen LogP contribution in [0.3, 0.4) is 0 Å². The van der Waals surface area contributed by atoms with E-state index < -0.39 is 0 Å². The highest BCUT2D eigenvalue weighted by Gasteiger charge is 2.11. The van der Waals surface area contributed by atoms with Gasteiger partial charge in [0.25, 0.3) is 0 Å². The van der Waals surface area contributed by atoms with Gasteiger partial charge < -0.3 is 15.1 Å². The molecule has 120 valence electrons. The fourth-order valence-electron chi connectivity index (χ4n) is 2.14. The van der Waals surface area contributed by atoms with Crippen molar-refractivity contribution in [1.82, 2.24) is 19.9 Å². The summed E-state index contributed by atoms with van der Waals surface area (Å²) in [6.45, 7) is 14.3. The van der Waals surface area contributed by atoms with Crippen LogP contribution in [0.15, 0.2) is 0 Å². The van der Waals surface area contributed by atoms with E-state index in [0.29, 0.717) is 11.9 Å². The molecule has 0 saturated carbocycles. The van der Waals surface area contributed by atoms with Crippen molar-refractivity contribution in [1.29, 1.82) is 0 Å². The summed E-state index contributed by atoms with van der Waals surface area (Å²) < 4.78 is 0. The van der Waals surface area contributed by atoms with E-state index in [1.807, 2.05) is 6.92 Å². The Bertz CT molecular complexity index is 410. The zero-order valence-corrected chi connectivity index (χ0v) is 14.3. The first-order valence-electron chi connectivity index (χ1n) is 7.77. The summed E-state index contributed by atoms with van der Waals surface area (Å²) >= 11 is 5.98.